The summed E-state index contributed by atoms with van der Waals surface area (Å²) in [6.45, 7) is 4.16. The van der Waals surface area contributed by atoms with Crippen LogP contribution in [0.4, 0.5) is 10.5 Å². The summed E-state index contributed by atoms with van der Waals surface area (Å²) >= 11 is 6.15. The molecule has 0 aromatic heterocycles. The Bertz CT molecular complexity index is 762. The number of urea groups is 1. The van der Waals surface area contributed by atoms with E-state index in [9.17, 15) is 9.59 Å². The first-order valence-electron chi connectivity index (χ1n) is 8.03. The minimum atomic E-state index is -0.302. The van der Waals surface area contributed by atoms with Crippen molar-refractivity contribution in [1.29, 1.82) is 0 Å². The first kappa shape index (κ1) is 18.8. The third-order valence-corrected chi connectivity index (χ3v) is 3.87. The lowest BCUT2D eigenvalue weighted by atomic mass is 10.1. The van der Waals surface area contributed by atoms with Crippen LogP contribution >= 0.6 is 11.6 Å². The maximum absolute atomic E-state index is 12.6. The minimum Gasteiger partial charge on any atom is -0.337 e. The molecule has 0 saturated heterocycles. The molecule has 0 bridgehead atoms. The predicted molar refractivity (Wildman–Crippen MR) is 101 cm³/mol. The summed E-state index contributed by atoms with van der Waals surface area (Å²) in [5, 5.41) is 6.09. The zero-order chi connectivity index (χ0) is 18.4. The van der Waals surface area contributed by atoms with E-state index in [0.717, 1.165) is 5.56 Å². The topological polar surface area (TPSA) is 61.4 Å². The van der Waals surface area contributed by atoms with Gasteiger partial charge in [-0.15, -0.1) is 0 Å². The number of nitrogens with one attached hydrogen (secondary N) is 2. The number of carbonyl (C=O) groups is 2. The van der Waals surface area contributed by atoms with Gasteiger partial charge < -0.3 is 15.5 Å². The Morgan fingerprint density at radius 3 is 2.52 bits per heavy atom. The Kier molecular flexibility index (Phi) is 6.42. The van der Waals surface area contributed by atoms with E-state index >= 15 is 0 Å². The highest BCUT2D eigenvalue weighted by molar-refractivity contribution is 6.31. The second-order valence-electron chi connectivity index (χ2n) is 6.09. The molecule has 0 radical (unpaired) electrons. The zero-order valence-electron chi connectivity index (χ0n) is 14.5. The van der Waals surface area contributed by atoms with Crippen LogP contribution in [0, 0.1) is 0 Å². The highest BCUT2D eigenvalue weighted by atomic mass is 35.5. The van der Waals surface area contributed by atoms with Crippen LogP contribution in [0.25, 0.3) is 0 Å². The standard InChI is InChI=1S/C19H22ClN3O2/c1-13(2)21-19(25)22-16-9-6-8-14(11-16)18(24)23(3)12-15-7-4-5-10-17(15)20/h4-11,13H,12H2,1-3H3,(H2,21,22,25). The number of rotatable bonds is 5. The maximum Gasteiger partial charge on any atom is 0.319 e. The number of hydrogen-bond acceptors (Lipinski definition) is 2. The molecule has 2 aromatic carbocycles. The first-order chi connectivity index (χ1) is 11.9. The van der Waals surface area contributed by atoms with Gasteiger partial charge in [-0.2, -0.15) is 0 Å². The maximum atomic E-state index is 12.6. The third kappa shape index (κ3) is 5.50. The lowest BCUT2D eigenvalue weighted by Gasteiger charge is -2.18. The van der Waals surface area contributed by atoms with E-state index in [0.29, 0.717) is 22.8 Å². The van der Waals surface area contributed by atoms with Gasteiger partial charge in [0.1, 0.15) is 0 Å². The number of hydrogen-bond donors (Lipinski definition) is 2. The monoisotopic (exact) mass is 359 g/mol. The van der Waals surface area contributed by atoms with Crippen LogP contribution in [0.5, 0.6) is 0 Å². The Labute approximate surface area is 153 Å². The number of halogens is 1. The summed E-state index contributed by atoms with van der Waals surface area (Å²) in [6.07, 6.45) is 0. The van der Waals surface area contributed by atoms with Gasteiger partial charge in [0.2, 0.25) is 0 Å². The summed E-state index contributed by atoms with van der Waals surface area (Å²) in [5.74, 6) is -0.146. The number of carbonyl (C=O) groups excluding carboxylic acids is 2. The normalized spacial score (nSPS) is 10.4. The van der Waals surface area contributed by atoms with E-state index in [1.165, 1.54) is 0 Å². The molecular formula is C19H22ClN3O2. The van der Waals surface area contributed by atoms with Crippen molar-refractivity contribution in [3.8, 4) is 0 Å². The number of benzene rings is 2. The van der Waals surface area contributed by atoms with Crippen molar-refractivity contribution in [2.24, 2.45) is 0 Å². The number of amides is 3. The second-order valence-corrected chi connectivity index (χ2v) is 6.49. The van der Waals surface area contributed by atoms with Gasteiger partial charge in [0.05, 0.1) is 0 Å². The quantitative estimate of drug-likeness (QED) is 0.842. The Morgan fingerprint density at radius 2 is 1.84 bits per heavy atom. The van der Waals surface area contributed by atoms with Crippen LogP contribution in [0.3, 0.4) is 0 Å². The van der Waals surface area contributed by atoms with E-state index in [2.05, 4.69) is 10.6 Å². The molecule has 25 heavy (non-hydrogen) atoms. The van der Waals surface area contributed by atoms with E-state index in [4.69, 9.17) is 11.6 Å². The highest BCUT2D eigenvalue weighted by Gasteiger charge is 2.14. The van der Waals surface area contributed by atoms with Crippen LogP contribution in [0.15, 0.2) is 48.5 Å². The van der Waals surface area contributed by atoms with Crippen LogP contribution < -0.4 is 10.6 Å². The van der Waals surface area contributed by atoms with Gasteiger partial charge in [-0.05, 0) is 43.7 Å². The van der Waals surface area contributed by atoms with E-state index in [1.807, 2.05) is 32.0 Å². The van der Waals surface area contributed by atoms with Crippen molar-refractivity contribution in [3.05, 3.63) is 64.7 Å². The van der Waals surface area contributed by atoms with Gasteiger partial charge >= 0.3 is 6.03 Å². The molecular weight excluding hydrogens is 338 g/mol. The van der Waals surface area contributed by atoms with Crippen molar-refractivity contribution in [3.63, 3.8) is 0 Å². The Morgan fingerprint density at radius 1 is 1.12 bits per heavy atom. The smallest absolute Gasteiger partial charge is 0.319 e. The fourth-order valence-electron chi connectivity index (χ4n) is 2.33. The zero-order valence-corrected chi connectivity index (χ0v) is 15.3. The van der Waals surface area contributed by atoms with Crippen molar-refractivity contribution in [2.45, 2.75) is 26.4 Å². The van der Waals surface area contributed by atoms with Crippen molar-refractivity contribution >= 4 is 29.2 Å². The van der Waals surface area contributed by atoms with Gasteiger partial charge in [-0.3, -0.25) is 4.79 Å². The molecule has 0 fully saturated rings. The van der Waals surface area contributed by atoms with Crippen LogP contribution in [0.2, 0.25) is 5.02 Å². The van der Waals surface area contributed by atoms with Gasteiger partial charge in [0, 0.05) is 35.9 Å². The molecule has 0 spiro atoms. The third-order valence-electron chi connectivity index (χ3n) is 3.50. The first-order valence-corrected chi connectivity index (χ1v) is 8.41. The lowest BCUT2D eigenvalue weighted by Crippen LogP contribution is -2.34. The lowest BCUT2D eigenvalue weighted by molar-refractivity contribution is 0.0785. The fourth-order valence-corrected chi connectivity index (χ4v) is 2.53. The molecule has 2 N–H and O–H groups in total. The SMILES string of the molecule is CC(C)NC(=O)Nc1cccc(C(=O)N(C)Cc2ccccc2Cl)c1. The van der Waals surface area contributed by atoms with Gasteiger partial charge in [0.15, 0.2) is 0 Å². The van der Waals surface area contributed by atoms with E-state index in [1.54, 1.807) is 42.3 Å². The van der Waals surface area contributed by atoms with Crippen molar-refractivity contribution in [1.82, 2.24) is 10.2 Å². The molecule has 6 heteroatoms. The largest absolute Gasteiger partial charge is 0.337 e. The molecule has 0 aliphatic heterocycles. The summed E-state index contributed by atoms with van der Waals surface area (Å²) in [6, 6.07) is 14.0. The molecule has 5 nitrogen and oxygen atoms in total. The molecule has 2 rings (SSSR count). The molecule has 0 saturated carbocycles. The molecule has 132 valence electrons. The van der Waals surface area contributed by atoms with Gasteiger partial charge in [-0.25, -0.2) is 4.79 Å². The van der Waals surface area contributed by atoms with Gasteiger partial charge in [0.25, 0.3) is 5.91 Å². The predicted octanol–water partition coefficient (Wildman–Crippen LogP) is 4.14. The molecule has 0 atom stereocenters. The average molecular weight is 360 g/mol. The minimum absolute atomic E-state index is 0.0339. The molecule has 0 heterocycles. The van der Waals surface area contributed by atoms with E-state index < -0.39 is 0 Å². The van der Waals surface area contributed by atoms with Crippen LogP contribution in [-0.2, 0) is 6.54 Å². The highest BCUT2D eigenvalue weighted by Crippen LogP contribution is 2.18. The molecule has 0 aliphatic rings. The Hall–Kier alpha value is -2.53. The van der Waals surface area contributed by atoms with Gasteiger partial charge in [-0.1, -0.05) is 35.9 Å². The number of anilines is 1. The van der Waals surface area contributed by atoms with Crippen LogP contribution in [-0.4, -0.2) is 29.9 Å². The summed E-state index contributed by atoms with van der Waals surface area (Å²) < 4.78 is 0. The summed E-state index contributed by atoms with van der Waals surface area (Å²) in [4.78, 5) is 26.0. The fraction of sp³-hybridized carbons (Fsp3) is 0.263. The van der Waals surface area contributed by atoms with Crippen molar-refractivity contribution in [2.75, 3.05) is 12.4 Å². The summed E-state index contributed by atoms with van der Waals surface area (Å²) in [5.41, 5.74) is 1.94. The van der Waals surface area contributed by atoms with Crippen LogP contribution in [0.1, 0.15) is 29.8 Å². The Balaban J connectivity index is 2.07. The average Bonchev–Trinajstić information content (AvgIpc) is 2.55. The summed E-state index contributed by atoms with van der Waals surface area (Å²) in [7, 11) is 1.72. The van der Waals surface area contributed by atoms with E-state index in [-0.39, 0.29) is 18.0 Å². The molecule has 0 unspecified atom stereocenters. The molecule has 3 amide bonds. The molecule has 0 aliphatic carbocycles. The van der Waals surface area contributed by atoms with Crippen molar-refractivity contribution < 1.29 is 9.59 Å². The molecule has 2 aromatic rings. The number of nitrogens with zero attached hydrogens (tertiary/aromatic N) is 1. The second kappa shape index (κ2) is 8.53.